The summed E-state index contributed by atoms with van der Waals surface area (Å²) in [5, 5.41) is 13.4. The third-order valence-electron chi connectivity index (χ3n) is 5.11. The molecule has 0 aliphatic heterocycles. The molecular formula is C23H19N5O. The highest BCUT2D eigenvalue weighted by molar-refractivity contribution is 5.89. The monoisotopic (exact) mass is 381 g/mol. The molecule has 0 fully saturated rings. The number of nitrogens with zero attached hydrogens (tertiary/aromatic N) is 2. The molecule has 3 N–H and O–H groups in total. The molecule has 0 unspecified atom stereocenters. The first-order valence-corrected chi connectivity index (χ1v) is 9.47. The van der Waals surface area contributed by atoms with Crippen molar-refractivity contribution in [3.63, 3.8) is 0 Å². The Hall–Kier alpha value is -3.93. The molecule has 2 heterocycles. The number of fused-ring (bicyclic) bond motifs is 3. The molecule has 0 atom stereocenters. The van der Waals surface area contributed by atoms with E-state index in [1.54, 1.807) is 12.4 Å². The lowest BCUT2D eigenvalue weighted by molar-refractivity contribution is 0.251. The van der Waals surface area contributed by atoms with Crippen LogP contribution in [0.2, 0.25) is 0 Å². The Kier molecular flexibility index (Phi) is 4.29. The van der Waals surface area contributed by atoms with Gasteiger partial charge in [0.1, 0.15) is 0 Å². The zero-order valence-electron chi connectivity index (χ0n) is 15.6. The third kappa shape index (κ3) is 3.36. The highest BCUT2D eigenvalue weighted by Gasteiger charge is 2.24. The van der Waals surface area contributed by atoms with E-state index in [-0.39, 0.29) is 6.03 Å². The molecule has 0 saturated carbocycles. The number of carbonyl (C=O) groups excluding carboxylic acids is 1. The summed E-state index contributed by atoms with van der Waals surface area (Å²) in [5.41, 5.74) is 8.54. The summed E-state index contributed by atoms with van der Waals surface area (Å²) in [5.74, 6) is 0. The molecule has 2 aromatic heterocycles. The smallest absolute Gasteiger partial charge is 0.319 e. The number of rotatable bonds is 4. The molecule has 0 bridgehead atoms. The number of H-pyrrole nitrogens is 1. The van der Waals surface area contributed by atoms with Crippen molar-refractivity contribution in [2.75, 3.05) is 5.32 Å². The SMILES string of the molecule is O=C(NCc1cccnc1)Nc1ccc(-c2n[nH]c3c2Cc2ccccc2-3)cc1. The minimum Gasteiger partial charge on any atom is -0.334 e. The summed E-state index contributed by atoms with van der Waals surface area (Å²) in [4.78, 5) is 16.2. The van der Waals surface area contributed by atoms with Gasteiger partial charge >= 0.3 is 6.03 Å². The second-order valence-corrected chi connectivity index (χ2v) is 7.01. The predicted octanol–water partition coefficient (Wildman–Crippen LogP) is 4.36. The fourth-order valence-corrected chi connectivity index (χ4v) is 3.68. The standard InChI is InChI=1S/C23H19N5O/c29-23(25-14-15-4-3-11-24-13-15)26-18-9-7-16(8-10-18)21-20-12-17-5-1-2-6-19(17)22(20)28-27-21/h1-11,13H,12,14H2,(H,27,28)(H2,25,26,29). The molecule has 0 radical (unpaired) electrons. The third-order valence-corrected chi connectivity index (χ3v) is 5.11. The van der Waals surface area contributed by atoms with Crippen LogP contribution in [0.1, 0.15) is 16.7 Å². The number of amides is 2. The van der Waals surface area contributed by atoms with Gasteiger partial charge in [0.15, 0.2) is 0 Å². The fraction of sp³-hybridized carbons (Fsp3) is 0.0870. The summed E-state index contributed by atoms with van der Waals surface area (Å²) >= 11 is 0. The molecular weight excluding hydrogens is 362 g/mol. The molecule has 142 valence electrons. The molecule has 0 saturated heterocycles. The van der Waals surface area contributed by atoms with Gasteiger partial charge in [-0.2, -0.15) is 5.10 Å². The number of urea groups is 1. The summed E-state index contributed by atoms with van der Waals surface area (Å²) in [7, 11) is 0. The summed E-state index contributed by atoms with van der Waals surface area (Å²) in [6.45, 7) is 0.428. The molecule has 6 nitrogen and oxygen atoms in total. The van der Waals surface area contributed by atoms with Crippen LogP contribution in [0.4, 0.5) is 10.5 Å². The van der Waals surface area contributed by atoms with Gasteiger partial charge in [-0.1, -0.05) is 42.5 Å². The average molecular weight is 381 g/mol. The Morgan fingerprint density at radius 2 is 1.90 bits per heavy atom. The summed E-state index contributed by atoms with van der Waals surface area (Å²) in [6, 6.07) is 19.7. The first-order chi connectivity index (χ1) is 14.3. The molecule has 5 rings (SSSR count). The lowest BCUT2D eigenvalue weighted by atomic mass is 10.1. The molecule has 6 heteroatoms. The van der Waals surface area contributed by atoms with E-state index in [2.05, 4.69) is 44.0 Å². The van der Waals surface area contributed by atoms with E-state index >= 15 is 0 Å². The van der Waals surface area contributed by atoms with Crippen LogP contribution in [0.5, 0.6) is 0 Å². The van der Waals surface area contributed by atoms with Crippen molar-refractivity contribution < 1.29 is 4.79 Å². The Morgan fingerprint density at radius 1 is 1.03 bits per heavy atom. The van der Waals surface area contributed by atoms with E-state index in [0.29, 0.717) is 6.54 Å². The normalized spacial score (nSPS) is 11.6. The minimum absolute atomic E-state index is 0.252. The van der Waals surface area contributed by atoms with E-state index in [0.717, 1.165) is 34.6 Å². The second kappa shape index (κ2) is 7.24. The van der Waals surface area contributed by atoms with Crippen LogP contribution < -0.4 is 10.6 Å². The topological polar surface area (TPSA) is 82.7 Å². The zero-order chi connectivity index (χ0) is 19.6. The molecule has 2 aromatic carbocycles. The van der Waals surface area contributed by atoms with Gasteiger partial charge in [-0.3, -0.25) is 10.1 Å². The summed E-state index contributed by atoms with van der Waals surface area (Å²) < 4.78 is 0. The van der Waals surface area contributed by atoms with Crippen LogP contribution in [0.15, 0.2) is 73.1 Å². The molecule has 0 spiro atoms. The first-order valence-electron chi connectivity index (χ1n) is 9.47. The number of carbonyl (C=O) groups is 1. The van der Waals surface area contributed by atoms with Gasteiger partial charge in [0, 0.05) is 47.7 Å². The van der Waals surface area contributed by atoms with Gasteiger partial charge in [0.05, 0.1) is 11.4 Å². The van der Waals surface area contributed by atoms with Crippen molar-refractivity contribution in [2.45, 2.75) is 13.0 Å². The van der Waals surface area contributed by atoms with Crippen molar-refractivity contribution in [3.05, 3.63) is 89.7 Å². The van der Waals surface area contributed by atoms with Crippen molar-refractivity contribution in [1.29, 1.82) is 0 Å². The van der Waals surface area contributed by atoms with Crippen LogP contribution in [-0.2, 0) is 13.0 Å². The minimum atomic E-state index is -0.252. The largest absolute Gasteiger partial charge is 0.334 e. The maximum Gasteiger partial charge on any atom is 0.319 e. The molecule has 1 aliphatic rings. The fourth-order valence-electron chi connectivity index (χ4n) is 3.68. The van der Waals surface area contributed by atoms with Crippen LogP contribution in [0.25, 0.3) is 22.5 Å². The molecule has 29 heavy (non-hydrogen) atoms. The van der Waals surface area contributed by atoms with Crippen molar-refractivity contribution in [3.8, 4) is 22.5 Å². The van der Waals surface area contributed by atoms with E-state index < -0.39 is 0 Å². The first kappa shape index (κ1) is 17.2. The zero-order valence-corrected chi connectivity index (χ0v) is 15.6. The number of pyridine rings is 1. The Bertz CT molecular complexity index is 1170. The summed E-state index contributed by atoms with van der Waals surface area (Å²) in [6.07, 6.45) is 4.32. The Morgan fingerprint density at radius 3 is 2.72 bits per heavy atom. The van der Waals surface area contributed by atoms with Gasteiger partial charge in [-0.05, 0) is 29.3 Å². The number of hydrogen-bond donors (Lipinski definition) is 3. The molecule has 2 amide bonds. The van der Waals surface area contributed by atoms with Gasteiger partial charge in [-0.15, -0.1) is 0 Å². The van der Waals surface area contributed by atoms with Crippen LogP contribution in [-0.4, -0.2) is 21.2 Å². The van der Waals surface area contributed by atoms with Crippen molar-refractivity contribution in [1.82, 2.24) is 20.5 Å². The molecule has 4 aromatic rings. The van der Waals surface area contributed by atoms with Crippen molar-refractivity contribution in [2.24, 2.45) is 0 Å². The van der Waals surface area contributed by atoms with E-state index in [1.807, 2.05) is 42.5 Å². The average Bonchev–Trinajstić information content (AvgIpc) is 3.33. The maximum absolute atomic E-state index is 12.1. The quantitative estimate of drug-likeness (QED) is 0.432. The van der Waals surface area contributed by atoms with Gasteiger partial charge in [0.25, 0.3) is 0 Å². The number of benzene rings is 2. The van der Waals surface area contributed by atoms with E-state index in [9.17, 15) is 4.79 Å². The molecule has 1 aliphatic carbocycles. The Balaban J connectivity index is 1.27. The van der Waals surface area contributed by atoms with Gasteiger partial charge in [-0.25, -0.2) is 4.79 Å². The number of anilines is 1. The van der Waals surface area contributed by atoms with Crippen LogP contribution in [0, 0.1) is 0 Å². The van der Waals surface area contributed by atoms with Gasteiger partial charge in [0.2, 0.25) is 0 Å². The number of nitrogens with one attached hydrogen (secondary N) is 3. The van der Waals surface area contributed by atoms with Crippen LogP contribution in [0.3, 0.4) is 0 Å². The van der Waals surface area contributed by atoms with Gasteiger partial charge < -0.3 is 10.6 Å². The lowest BCUT2D eigenvalue weighted by Gasteiger charge is -2.08. The number of hydrogen-bond acceptors (Lipinski definition) is 3. The Labute approximate surface area is 168 Å². The highest BCUT2D eigenvalue weighted by atomic mass is 16.2. The second-order valence-electron chi connectivity index (χ2n) is 7.01. The number of aromatic nitrogens is 3. The van der Waals surface area contributed by atoms with Crippen LogP contribution >= 0.6 is 0 Å². The predicted molar refractivity (Wildman–Crippen MR) is 112 cm³/mol. The van der Waals surface area contributed by atoms with Crippen molar-refractivity contribution >= 4 is 11.7 Å². The lowest BCUT2D eigenvalue weighted by Crippen LogP contribution is -2.28. The highest BCUT2D eigenvalue weighted by Crippen LogP contribution is 2.39. The maximum atomic E-state index is 12.1. The number of aromatic amines is 1. The van der Waals surface area contributed by atoms with E-state index in [1.165, 1.54) is 16.7 Å². The van der Waals surface area contributed by atoms with E-state index in [4.69, 9.17) is 0 Å².